The monoisotopic (exact) mass is 761 g/mol. The maximum Gasteiger partial charge on any atom is 0.435 e. The molecular weight excluding hydrogens is 731 g/mol. The molecule has 2 atom stereocenters. The van der Waals surface area contributed by atoms with E-state index in [4.69, 9.17) is 17.3 Å². The summed E-state index contributed by atoms with van der Waals surface area (Å²) in [6.07, 6.45) is -6.32. The lowest BCUT2D eigenvalue weighted by Gasteiger charge is -2.23. The highest BCUT2D eigenvalue weighted by Gasteiger charge is 2.53. The van der Waals surface area contributed by atoms with E-state index in [1.807, 2.05) is 0 Å². The van der Waals surface area contributed by atoms with E-state index < -0.39 is 77.1 Å². The van der Waals surface area contributed by atoms with Crippen molar-refractivity contribution in [1.29, 1.82) is 0 Å². The van der Waals surface area contributed by atoms with E-state index in [-0.39, 0.29) is 34.2 Å². The molecule has 0 spiro atoms. The molecule has 0 radical (unpaired) electrons. The summed E-state index contributed by atoms with van der Waals surface area (Å²) in [6, 6.07) is 7.65. The molecule has 53 heavy (non-hydrogen) atoms. The molecule has 278 valence electrons. The van der Waals surface area contributed by atoms with Gasteiger partial charge in [-0.3, -0.25) is 14.2 Å². The van der Waals surface area contributed by atoms with E-state index in [9.17, 15) is 31.9 Å². The number of benzene rings is 2. The van der Waals surface area contributed by atoms with E-state index >= 15 is 8.78 Å². The van der Waals surface area contributed by atoms with Gasteiger partial charge in [0.2, 0.25) is 5.91 Å². The third-order valence-corrected chi connectivity index (χ3v) is 8.97. The number of aryl methyl sites for hydroxylation is 1. The molecule has 1 amide bonds. The topological polar surface area (TPSA) is 124 Å². The van der Waals surface area contributed by atoms with Crippen molar-refractivity contribution in [2.24, 2.45) is 7.05 Å². The van der Waals surface area contributed by atoms with Crippen LogP contribution in [-0.2, 0) is 36.9 Å². The number of nitrogens with two attached hydrogens (primary N) is 1. The molecule has 3 heterocycles. The van der Waals surface area contributed by atoms with Crippen LogP contribution in [0, 0.1) is 23.5 Å². The van der Waals surface area contributed by atoms with Crippen molar-refractivity contribution in [1.82, 2.24) is 29.9 Å². The Balaban J connectivity index is 1.52. The smallest absolute Gasteiger partial charge is 0.382 e. The van der Waals surface area contributed by atoms with Gasteiger partial charge in [-0.1, -0.05) is 30.5 Å². The van der Waals surface area contributed by atoms with Gasteiger partial charge in [0.05, 0.1) is 27.7 Å². The Labute approximate surface area is 302 Å². The van der Waals surface area contributed by atoms with Crippen LogP contribution in [0.25, 0.3) is 22.0 Å². The van der Waals surface area contributed by atoms with Crippen molar-refractivity contribution < 1.29 is 40.6 Å². The van der Waals surface area contributed by atoms with Crippen molar-refractivity contribution in [3.05, 3.63) is 93.0 Å². The van der Waals surface area contributed by atoms with Crippen LogP contribution >= 0.6 is 11.6 Å². The summed E-state index contributed by atoms with van der Waals surface area (Å²) < 4.78 is 103. The Morgan fingerprint density at radius 1 is 1.11 bits per heavy atom. The maximum atomic E-state index is 15.1. The number of rotatable bonds is 7. The molecule has 0 bridgehead atoms. The lowest BCUT2D eigenvalue weighted by atomic mass is 9.93. The number of hydrogen-bond acceptors (Lipinski definition) is 6. The van der Waals surface area contributed by atoms with Crippen molar-refractivity contribution >= 4 is 34.2 Å². The van der Waals surface area contributed by atoms with Gasteiger partial charge < -0.3 is 16.2 Å². The van der Waals surface area contributed by atoms with Gasteiger partial charge in [0.1, 0.15) is 35.2 Å². The van der Waals surface area contributed by atoms with Crippen molar-refractivity contribution in [3.63, 3.8) is 0 Å². The molecule has 3 aromatic heterocycles. The van der Waals surface area contributed by atoms with E-state index in [1.165, 1.54) is 31.5 Å². The lowest BCUT2D eigenvalue weighted by Crippen LogP contribution is -2.35. The summed E-state index contributed by atoms with van der Waals surface area (Å²) in [5, 5.41) is 21.2. The molecule has 5 aromatic rings. The molecule has 6 rings (SSSR count). The summed E-state index contributed by atoms with van der Waals surface area (Å²) in [4.78, 5) is 18.5. The quantitative estimate of drug-likeness (QED) is 0.119. The Morgan fingerprint density at radius 3 is 2.42 bits per heavy atom. The van der Waals surface area contributed by atoms with Gasteiger partial charge in [-0.15, -0.1) is 0 Å². The highest BCUT2D eigenvalue weighted by Crippen LogP contribution is 2.52. The molecule has 0 unspecified atom stereocenters. The standard InChI is InChI=1S/C36H31ClF7N7O2/c1-17-15-35(40,41)32-27(17)31(36(42,43)44)48-51(32)16-26(52)47-25(13-18-11-19(38)14-20(39)12-18)29-22(6-5-21(46-29)9-10-34(2,3)53)23-7-8-24(37)28-30(23)50(4)49-33(28)45/h5-8,11-12,14,17,25,53H,13,15-16H2,1-4H3,(H2,45,49)(H,47,52)/t17-,25-/m0/s1. The summed E-state index contributed by atoms with van der Waals surface area (Å²) >= 11 is 6.48. The number of aliphatic hydroxyl groups is 1. The molecule has 0 saturated carbocycles. The van der Waals surface area contributed by atoms with Gasteiger partial charge in [-0.05, 0) is 68.0 Å². The highest BCUT2D eigenvalue weighted by atomic mass is 35.5. The summed E-state index contributed by atoms with van der Waals surface area (Å²) in [5.74, 6) is -2.35. The zero-order valence-electron chi connectivity index (χ0n) is 28.5. The largest absolute Gasteiger partial charge is 0.435 e. The SMILES string of the molecule is C[C@H]1CC(F)(F)c2c1c(C(F)(F)F)nn2CC(=O)N[C@@H](Cc1cc(F)cc(F)c1)c1nc(C#CC(C)(C)O)ccc1-c1ccc(Cl)c2c(N)nn(C)c12. The second-order valence-electron chi connectivity index (χ2n) is 13.4. The van der Waals surface area contributed by atoms with E-state index in [1.54, 1.807) is 25.2 Å². The first-order valence-electron chi connectivity index (χ1n) is 16.1. The fourth-order valence-electron chi connectivity index (χ4n) is 6.67. The second kappa shape index (κ2) is 13.4. The second-order valence-corrected chi connectivity index (χ2v) is 13.9. The van der Waals surface area contributed by atoms with Crippen LogP contribution in [0.5, 0.6) is 0 Å². The van der Waals surface area contributed by atoms with Gasteiger partial charge in [0.15, 0.2) is 11.5 Å². The van der Waals surface area contributed by atoms with Crippen LogP contribution in [0.4, 0.5) is 36.6 Å². The van der Waals surface area contributed by atoms with Crippen molar-refractivity contribution in [2.45, 2.75) is 69.8 Å². The predicted octanol–water partition coefficient (Wildman–Crippen LogP) is 7.19. The number of nitrogens with zero attached hydrogens (tertiary/aromatic N) is 5. The number of carbonyl (C=O) groups excluding carboxylic acids is 1. The van der Waals surface area contributed by atoms with Crippen LogP contribution in [0.2, 0.25) is 5.02 Å². The molecule has 17 heteroatoms. The number of hydrogen-bond donors (Lipinski definition) is 3. The minimum absolute atomic E-state index is 0.0410. The number of alkyl halides is 5. The third-order valence-electron chi connectivity index (χ3n) is 8.66. The van der Waals surface area contributed by atoms with Gasteiger partial charge in [0, 0.05) is 36.2 Å². The molecule has 0 fully saturated rings. The molecular formula is C36H31ClF7N7O2. The summed E-state index contributed by atoms with van der Waals surface area (Å²) in [6.45, 7) is 3.04. The highest BCUT2D eigenvalue weighted by molar-refractivity contribution is 6.37. The molecule has 4 N–H and O–H groups in total. The fraction of sp³-hybridized carbons (Fsp3) is 0.333. The first kappa shape index (κ1) is 37.6. The fourth-order valence-corrected chi connectivity index (χ4v) is 6.92. The van der Waals surface area contributed by atoms with Gasteiger partial charge in [0.25, 0.3) is 5.92 Å². The average Bonchev–Trinajstić information content (AvgIpc) is 3.64. The third kappa shape index (κ3) is 7.54. The molecule has 1 aliphatic rings. The van der Waals surface area contributed by atoms with Crippen molar-refractivity contribution in [3.8, 4) is 23.0 Å². The zero-order chi connectivity index (χ0) is 38.8. The summed E-state index contributed by atoms with van der Waals surface area (Å²) in [5.41, 5.74) is 2.89. The lowest BCUT2D eigenvalue weighted by molar-refractivity contribution is -0.142. The van der Waals surface area contributed by atoms with Gasteiger partial charge in [-0.25, -0.2) is 13.8 Å². The Hall–Kier alpha value is -5.14. The number of nitrogen functional groups attached to an aromatic ring is 1. The van der Waals surface area contributed by atoms with Crippen LogP contribution in [0.15, 0.2) is 42.5 Å². The molecule has 0 aliphatic heterocycles. The first-order valence-corrected chi connectivity index (χ1v) is 16.5. The van der Waals surface area contributed by atoms with E-state index in [0.29, 0.717) is 32.8 Å². The molecule has 1 aliphatic carbocycles. The molecule has 9 nitrogen and oxygen atoms in total. The number of carbonyl (C=O) groups is 1. The van der Waals surface area contributed by atoms with Crippen LogP contribution < -0.4 is 11.1 Å². The van der Waals surface area contributed by atoms with Crippen LogP contribution in [0.3, 0.4) is 0 Å². The van der Waals surface area contributed by atoms with E-state index in [0.717, 1.165) is 12.1 Å². The van der Waals surface area contributed by atoms with Gasteiger partial charge >= 0.3 is 6.18 Å². The molecule has 0 saturated heterocycles. The molecule has 2 aromatic carbocycles. The maximum absolute atomic E-state index is 15.1. The number of halogens is 8. The van der Waals surface area contributed by atoms with Crippen molar-refractivity contribution in [2.75, 3.05) is 5.73 Å². The number of amides is 1. The number of aromatic nitrogens is 5. The number of fused-ring (bicyclic) bond motifs is 2. The number of nitrogens with one attached hydrogen (secondary N) is 1. The number of pyridine rings is 1. The first-order chi connectivity index (χ1) is 24.6. The Morgan fingerprint density at radius 2 is 1.77 bits per heavy atom. The minimum Gasteiger partial charge on any atom is -0.382 e. The Bertz CT molecular complexity index is 2310. The predicted molar refractivity (Wildman–Crippen MR) is 182 cm³/mol. The van der Waals surface area contributed by atoms with Gasteiger partial charge in [-0.2, -0.15) is 32.1 Å². The average molecular weight is 762 g/mol. The Kier molecular flexibility index (Phi) is 9.49. The summed E-state index contributed by atoms with van der Waals surface area (Å²) in [7, 11) is 1.61. The minimum atomic E-state index is -5.08. The number of anilines is 1. The normalized spacial score (nSPS) is 16.0. The van der Waals surface area contributed by atoms with Crippen LogP contribution in [0.1, 0.15) is 73.1 Å². The van der Waals surface area contributed by atoms with E-state index in [2.05, 4.69) is 32.3 Å². The zero-order valence-corrected chi connectivity index (χ0v) is 29.3. The van der Waals surface area contributed by atoms with Crippen LogP contribution in [-0.4, -0.2) is 41.2 Å².